The van der Waals surface area contributed by atoms with Gasteiger partial charge in [-0.2, -0.15) is 0 Å². The maximum Gasteiger partial charge on any atom is 0.166 e. The molecule has 0 saturated heterocycles. The molecule has 0 atom stereocenters. The van der Waals surface area contributed by atoms with Crippen LogP contribution in [-0.2, 0) is 0 Å². The second kappa shape index (κ2) is 12.6. The number of pyridine rings is 4. The fraction of sp³-hybridized carbons (Fsp3) is 0. The van der Waals surface area contributed by atoms with Gasteiger partial charge < -0.3 is 0 Å². The van der Waals surface area contributed by atoms with Crippen LogP contribution in [0.3, 0.4) is 0 Å². The molecule has 7 nitrogen and oxygen atoms in total. The van der Waals surface area contributed by atoms with Gasteiger partial charge in [-0.25, -0.2) is 24.9 Å². The third kappa shape index (κ3) is 5.63. The van der Waals surface area contributed by atoms with Gasteiger partial charge >= 0.3 is 0 Å². The molecule has 0 N–H and O–H groups in total. The molecule has 0 saturated carbocycles. The summed E-state index contributed by atoms with van der Waals surface area (Å²) in [7, 11) is 0. The summed E-state index contributed by atoms with van der Waals surface area (Å²) in [6, 6.07) is 50.6. The van der Waals surface area contributed by atoms with E-state index >= 15 is 0 Å². The molecule has 0 radical (unpaired) electrons. The first kappa shape index (κ1) is 29.2. The molecule has 7 heteroatoms. The van der Waals surface area contributed by atoms with Crippen LogP contribution in [0.25, 0.3) is 89.9 Å². The largest absolute Gasteiger partial charge is 0.255 e. The molecule has 5 heterocycles. The summed E-state index contributed by atoms with van der Waals surface area (Å²) >= 11 is 0. The molecule has 0 spiro atoms. The lowest BCUT2D eigenvalue weighted by molar-refractivity contribution is 1.07. The van der Waals surface area contributed by atoms with Crippen molar-refractivity contribution in [2.45, 2.75) is 0 Å². The molecule has 9 rings (SSSR count). The Bertz CT molecular complexity index is 2590. The van der Waals surface area contributed by atoms with Gasteiger partial charge in [0.25, 0.3) is 0 Å². The van der Waals surface area contributed by atoms with Crippen molar-refractivity contribution < 1.29 is 0 Å². The van der Waals surface area contributed by atoms with Crippen LogP contribution < -0.4 is 0 Å². The highest BCUT2D eigenvalue weighted by atomic mass is 15.0. The molecule has 0 bridgehead atoms. The SMILES string of the molecule is c1ccc(-c2nc(-c3ccccc3)nc(-c3cccnc3-c3ccc4ccc(-c5ccc6ccc(-c7ccccn7)nc6c5)cc4n3)n2)cc1. The molecule has 0 amide bonds. The molecule has 0 aliphatic rings. The van der Waals surface area contributed by atoms with Crippen molar-refractivity contribution in [2.75, 3.05) is 0 Å². The Labute approximate surface area is 288 Å². The summed E-state index contributed by atoms with van der Waals surface area (Å²) in [4.78, 5) is 34.1. The molecular weight excluding hydrogens is 615 g/mol. The van der Waals surface area contributed by atoms with Crippen molar-refractivity contribution in [3.05, 3.63) is 164 Å². The third-order valence-corrected chi connectivity index (χ3v) is 8.64. The van der Waals surface area contributed by atoms with Crippen LogP contribution in [0.15, 0.2) is 164 Å². The topological polar surface area (TPSA) is 90.2 Å². The number of hydrogen-bond acceptors (Lipinski definition) is 7. The number of hydrogen-bond donors (Lipinski definition) is 0. The normalized spacial score (nSPS) is 11.2. The molecular formula is C43H27N7. The van der Waals surface area contributed by atoms with E-state index in [1.165, 1.54) is 0 Å². The van der Waals surface area contributed by atoms with Crippen LogP contribution in [0.4, 0.5) is 0 Å². The van der Waals surface area contributed by atoms with Crippen molar-refractivity contribution in [1.29, 1.82) is 0 Å². The number of benzene rings is 4. The molecule has 0 fully saturated rings. The summed E-state index contributed by atoms with van der Waals surface area (Å²) in [5.41, 5.74) is 9.59. The Hall–Kier alpha value is -6.99. The first-order chi connectivity index (χ1) is 24.7. The molecule has 234 valence electrons. The summed E-state index contributed by atoms with van der Waals surface area (Å²) in [5, 5.41) is 2.10. The molecule has 9 aromatic rings. The van der Waals surface area contributed by atoms with Gasteiger partial charge in [-0.05, 0) is 59.7 Å². The first-order valence-electron chi connectivity index (χ1n) is 16.3. The summed E-state index contributed by atoms with van der Waals surface area (Å²) in [6.45, 7) is 0. The fourth-order valence-corrected chi connectivity index (χ4v) is 6.10. The van der Waals surface area contributed by atoms with Gasteiger partial charge in [0.15, 0.2) is 17.5 Å². The van der Waals surface area contributed by atoms with E-state index in [9.17, 15) is 0 Å². The number of nitrogens with zero attached hydrogens (tertiary/aromatic N) is 7. The van der Waals surface area contributed by atoms with Crippen LogP contribution in [0.2, 0.25) is 0 Å². The monoisotopic (exact) mass is 641 g/mol. The second-order valence-corrected chi connectivity index (χ2v) is 11.9. The van der Waals surface area contributed by atoms with Crippen molar-refractivity contribution in [3.8, 4) is 68.1 Å². The van der Waals surface area contributed by atoms with Gasteiger partial charge in [-0.3, -0.25) is 9.97 Å². The van der Waals surface area contributed by atoms with Crippen molar-refractivity contribution in [2.24, 2.45) is 0 Å². The van der Waals surface area contributed by atoms with Gasteiger partial charge in [-0.15, -0.1) is 0 Å². The van der Waals surface area contributed by atoms with Gasteiger partial charge in [0.1, 0.15) is 0 Å². The average molecular weight is 642 g/mol. The molecule has 0 unspecified atom stereocenters. The second-order valence-electron chi connectivity index (χ2n) is 11.9. The Morgan fingerprint density at radius 1 is 0.320 bits per heavy atom. The molecule has 4 aromatic carbocycles. The Kier molecular flexibility index (Phi) is 7.33. The molecule has 0 aliphatic carbocycles. The lowest BCUT2D eigenvalue weighted by Crippen LogP contribution is -2.02. The molecule has 5 aromatic heterocycles. The fourth-order valence-electron chi connectivity index (χ4n) is 6.10. The Balaban J connectivity index is 1.13. The van der Waals surface area contributed by atoms with Gasteiger partial charge in [-0.1, -0.05) is 103 Å². The number of rotatable bonds is 6. The Morgan fingerprint density at radius 3 is 1.48 bits per heavy atom. The summed E-state index contributed by atoms with van der Waals surface area (Å²) in [6.07, 6.45) is 3.57. The minimum atomic E-state index is 0.533. The van der Waals surface area contributed by atoms with Crippen molar-refractivity contribution >= 4 is 21.8 Å². The van der Waals surface area contributed by atoms with E-state index < -0.39 is 0 Å². The quantitative estimate of drug-likeness (QED) is 0.179. The predicted molar refractivity (Wildman–Crippen MR) is 199 cm³/mol. The third-order valence-electron chi connectivity index (χ3n) is 8.64. The maximum atomic E-state index is 5.14. The van der Waals surface area contributed by atoms with Crippen LogP contribution in [-0.4, -0.2) is 34.9 Å². The summed E-state index contributed by atoms with van der Waals surface area (Å²) < 4.78 is 0. The number of fused-ring (bicyclic) bond motifs is 2. The van der Waals surface area contributed by atoms with E-state index in [1.54, 1.807) is 12.4 Å². The van der Waals surface area contributed by atoms with Crippen LogP contribution in [0.1, 0.15) is 0 Å². The highest BCUT2D eigenvalue weighted by molar-refractivity contribution is 5.90. The van der Waals surface area contributed by atoms with Crippen LogP contribution >= 0.6 is 0 Å². The average Bonchev–Trinajstić information content (AvgIpc) is 3.21. The van der Waals surface area contributed by atoms with Gasteiger partial charge in [0.2, 0.25) is 0 Å². The van der Waals surface area contributed by atoms with E-state index in [1.807, 2.05) is 103 Å². The van der Waals surface area contributed by atoms with Gasteiger partial charge in [0, 0.05) is 39.9 Å². The molecule has 50 heavy (non-hydrogen) atoms. The smallest absolute Gasteiger partial charge is 0.166 e. The van der Waals surface area contributed by atoms with Gasteiger partial charge in [0.05, 0.1) is 33.8 Å². The van der Waals surface area contributed by atoms with E-state index in [2.05, 4.69) is 53.5 Å². The van der Waals surface area contributed by atoms with Crippen molar-refractivity contribution in [3.63, 3.8) is 0 Å². The van der Waals surface area contributed by atoms with Crippen molar-refractivity contribution in [1.82, 2.24) is 34.9 Å². The van der Waals surface area contributed by atoms with E-state index in [0.717, 1.165) is 66.7 Å². The van der Waals surface area contributed by atoms with E-state index in [-0.39, 0.29) is 0 Å². The Morgan fingerprint density at radius 2 is 0.860 bits per heavy atom. The van der Waals surface area contributed by atoms with E-state index in [4.69, 9.17) is 29.9 Å². The maximum absolute atomic E-state index is 5.14. The minimum Gasteiger partial charge on any atom is -0.255 e. The highest BCUT2D eigenvalue weighted by Gasteiger charge is 2.17. The first-order valence-corrected chi connectivity index (χ1v) is 16.3. The minimum absolute atomic E-state index is 0.533. The highest BCUT2D eigenvalue weighted by Crippen LogP contribution is 2.33. The lowest BCUT2D eigenvalue weighted by Gasteiger charge is -2.12. The van der Waals surface area contributed by atoms with E-state index in [0.29, 0.717) is 23.2 Å². The van der Waals surface area contributed by atoms with Crippen LogP contribution in [0.5, 0.6) is 0 Å². The zero-order valence-corrected chi connectivity index (χ0v) is 26.7. The summed E-state index contributed by atoms with van der Waals surface area (Å²) in [5.74, 6) is 1.72. The number of aromatic nitrogens is 7. The zero-order valence-electron chi connectivity index (χ0n) is 26.7. The van der Waals surface area contributed by atoms with Crippen LogP contribution in [0, 0.1) is 0 Å². The predicted octanol–water partition coefficient (Wildman–Crippen LogP) is 9.76. The lowest BCUT2D eigenvalue weighted by atomic mass is 10.0. The molecule has 0 aliphatic heterocycles. The zero-order chi connectivity index (χ0) is 33.3. The standard InChI is InChI=1S/C43H27N7/c1-3-10-30(11-4-1)41-48-42(31-12-5-2-6-13-31)50-43(49-41)34-14-9-25-45-40(34)37-23-21-29-17-19-33(27-39(29)47-37)32-18-16-28-20-22-36(46-38(28)26-32)35-15-7-8-24-44-35/h1-27H.